The van der Waals surface area contributed by atoms with Gasteiger partial charge in [-0.05, 0) is 31.9 Å². The average molecular weight is 243 g/mol. The van der Waals surface area contributed by atoms with Crippen LogP contribution in [0.5, 0.6) is 0 Å². The maximum atomic E-state index is 11.9. The summed E-state index contributed by atoms with van der Waals surface area (Å²) in [5.74, 6) is 0.779. The Morgan fingerprint density at radius 1 is 1.39 bits per heavy atom. The van der Waals surface area contributed by atoms with E-state index in [2.05, 4.69) is 15.5 Å². The molecular weight excluding hydrogens is 230 g/mol. The number of carbonyl (C=O) groups is 1. The number of hydrogen-bond donors (Lipinski definition) is 1. The number of anilines is 1. The minimum atomic E-state index is -0.232. The molecular formula is C13H13N3O2. The van der Waals surface area contributed by atoms with Crippen LogP contribution < -0.4 is 5.32 Å². The van der Waals surface area contributed by atoms with Crippen molar-refractivity contribution >= 4 is 11.9 Å². The number of nitrogens with zero attached hydrogens (tertiary/aromatic N) is 2. The lowest BCUT2D eigenvalue weighted by molar-refractivity contribution is 0.102. The molecule has 1 amide bonds. The number of aryl methyl sites for hydroxylation is 1. The summed E-state index contributed by atoms with van der Waals surface area (Å²) < 4.78 is 5.38. The molecule has 5 heteroatoms. The molecule has 1 aliphatic carbocycles. The highest BCUT2D eigenvalue weighted by Gasteiger charge is 2.29. The third-order valence-corrected chi connectivity index (χ3v) is 2.87. The smallest absolute Gasteiger partial charge is 0.322 e. The Morgan fingerprint density at radius 2 is 2.22 bits per heavy atom. The van der Waals surface area contributed by atoms with E-state index in [1.54, 1.807) is 6.07 Å². The minimum absolute atomic E-state index is 0.170. The Kier molecular flexibility index (Phi) is 2.59. The summed E-state index contributed by atoms with van der Waals surface area (Å²) in [6.45, 7) is 1.94. The van der Waals surface area contributed by atoms with Crippen molar-refractivity contribution in [1.29, 1.82) is 0 Å². The number of carbonyl (C=O) groups excluding carboxylic acids is 1. The van der Waals surface area contributed by atoms with E-state index in [0.717, 1.165) is 18.4 Å². The van der Waals surface area contributed by atoms with Crippen LogP contribution in [0, 0.1) is 6.92 Å². The van der Waals surface area contributed by atoms with Gasteiger partial charge in [0.05, 0.1) is 0 Å². The predicted molar refractivity (Wildman–Crippen MR) is 65.4 cm³/mol. The lowest BCUT2D eigenvalue weighted by atomic mass is 10.1. The largest absolute Gasteiger partial charge is 0.408 e. The molecule has 0 atom stereocenters. The van der Waals surface area contributed by atoms with Gasteiger partial charge in [-0.3, -0.25) is 10.1 Å². The van der Waals surface area contributed by atoms with Crippen molar-refractivity contribution in [2.75, 3.05) is 5.32 Å². The molecule has 92 valence electrons. The van der Waals surface area contributed by atoms with E-state index in [4.69, 9.17) is 4.42 Å². The molecule has 0 radical (unpaired) electrons. The molecule has 1 heterocycles. The number of hydrogen-bond acceptors (Lipinski definition) is 4. The highest BCUT2D eigenvalue weighted by Crippen LogP contribution is 2.39. The molecule has 2 aromatic rings. The van der Waals surface area contributed by atoms with E-state index < -0.39 is 0 Å². The standard InChI is InChI=1S/C13H13N3O2/c1-8-3-2-4-10(7-8)11(17)14-13-16-15-12(18-13)9-5-6-9/h2-4,7,9H,5-6H2,1H3,(H,14,16,17). The zero-order valence-corrected chi connectivity index (χ0v) is 10.0. The Labute approximate surface area is 104 Å². The Balaban J connectivity index is 1.73. The Hall–Kier alpha value is -2.17. The van der Waals surface area contributed by atoms with Crippen molar-refractivity contribution in [2.24, 2.45) is 0 Å². The fourth-order valence-corrected chi connectivity index (χ4v) is 1.74. The van der Waals surface area contributed by atoms with E-state index in [9.17, 15) is 4.79 Å². The van der Waals surface area contributed by atoms with Crippen molar-refractivity contribution in [3.63, 3.8) is 0 Å². The van der Waals surface area contributed by atoms with Crippen LogP contribution >= 0.6 is 0 Å². The summed E-state index contributed by atoms with van der Waals surface area (Å²) in [6, 6.07) is 7.51. The first-order valence-corrected chi connectivity index (χ1v) is 5.94. The SMILES string of the molecule is Cc1cccc(C(=O)Nc2nnc(C3CC3)o2)c1. The maximum Gasteiger partial charge on any atom is 0.322 e. The number of aromatic nitrogens is 2. The molecule has 1 aromatic heterocycles. The lowest BCUT2D eigenvalue weighted by Crippen LogP contribution is -2.12. The highest BCUT2D eigenvalue weighted by atomic mass is 16.4. The van der Waals surface area contributed by atoms with Gasteiger partial charge in [0.2, 0.25) is 5.89 Å². The molecule has 5 nitrogen and oxygen atoms in total. The van der Waals surface area contributed by atoms with Crippen molar-refractivity contribution in [3.8, 4) is 0 Å². The van der Waals surface area contributed by atoms with Gasteiger partial charge in [-0.1, -0.05) is 22.8 Å². The third-order valence-electron chi connectivity index (χ3n) is 2.87. The second kappa shape index (κ2) is 4.25. The minimum Gasteiger partial charge on any atom is -0.408 e. The lowest BCUT2D eigenvalue weighted by Gasteiger charge is -2.01. The van der Waals surface area contributed by atoms with Crippen LogP contribution in [0.4, 0.5) is 6.01 Å². The van der Waals surface area contributed by atoms with Crippen LogP contribution in [0.3, 0.4) is 0 Å². The van der Waals surface area contributed by atoms with E-state index in [0.29, 0.717) is 17.4 Å². The molecule has 1 aromatic carbocycles. The van der Waals surface area contributed by atoms with Crippen molar-refractivity contribution in [3.05, 3.63) is 41.3 Å². The van der Waals surface area contributed by atoms with Crippen LogP contribution in [0.25, 0.3) is 0 Å². The van der Waals surface area contributed by atoms with Gasteiger partial charge >= 0.3 is 6.01 Å². The predicted octanol–water partition coefficient (Wildman–Crippen LogP) is 2.51. The summed E-state index contributed by atoms with van der Waals surface area (Å²) in [4.78, 5) is 11.9. The number of benzene rings is 1. The van der Waals surface area contributed by atoms with Gasteiger partial charge in [-0.2, -0.15) is 0 Å². The number of rotatable bonds is 3. The molecule has 3 rings (SSSR count). The third kappa shape index (κ3) is 2.25. The molecule has 0 spiro atoms. The van der Waals surface area contributed by atoms with Gasteiger partial charge in [-0.15, -0.1) is 5.10 Å². The van der Waals surface area contributed by atoms with Gasteiger partial charge in [0.15, 0.2) is 0 Å². The normalized spacial score (nSPS) is 14.5. The van der Waals surface area contributed by atoms with E-state index in [-0.39, 0.29) is 11.9 Å². The summed E-state index contributed by atoms with van der Waals surface area (Å²) in [7, 11) is 0. The van der Waals surface area contributed by atoms with E-state index >= 15 is 0 Å². The topological polar surface area (TPSA) is 68.0 Å². The first kappa shape index (κ1) is 11.0. The van der Waals surface area contributed by atoms with E-state index in [1.807, 2.05) is 25.1 Å². The second-order valence-corrected chi connectivity index (χ2v) is 4.54. The fraction of sp³-hybridized carbons (Fsp3) is 0.308. The molecule has 1 N–H and O–H groups in total. The quantitative estimate of drug-likeness (QED) is 0.899. The zero-order valence-electron chi connectivity index (χ0n) is 10.0. The molecule has 1 fully saturated rings. The summed E-state index contributed by atoms with van der Waals surface area (Å²) >= 11 is 0. The highest BCUT2D eigenvalue weighted by molar-refractivity contribution is 6.03. The van der Waals surface area contributed by atoms with Crippen LogP contribution in [0.2, 0.25) is 0 Å². The maximum absolute atomic E-state index is 11.9. The summed E-state index contributed by atoms with van der Waals surface area (Å²) in [5.41, 5.74) is 1.62. The first-order valence-electron chi connectivity index (χ1n) is 5.94. The van der Waals surface area contributed by atoms with Crippen LogP contribution in [0.15, 0.2) is 28.7 Å². The first-order chi connectivity index (χ1) is 8.72. The molecule has 0 unspecified atom stereocenters. The summed E-state index contributed by atoms with van der Waals surface area (Å²) in [6.07, 6.45) is 2.18. The molecule has 0 saturated heterocycles. The van der Waals surface area contributed by atoms with Gasteiger partial charge in [0, 0.05) is 11.5 Å². The van der Waals surface area contributed by atoms with Crippen LogP contribution in [-0.2, 0) is 0 Å². The van der Waals surface area contributed by atoms with Crippen LogP contribution in [0.1, 0.15) is 40.6 Å². The van der Waals surface area contributed by atoms with Crippen LogP contribution in [-0.4, -0.2) is 16.1 Å². The number of amides is 1. The molecule has 1 saturated carbocycles. The average Bonchev–Trinajstić information content (AvgIpc) is 3.11. The molecule has 0 aliphatic heterocycles. The van der Waals surface area contributed by atoms with Gasteiger partial charge in [0.1, 0.15) is 0 Å². The van der Waals surface area contributed by atoms with Crippen molar-refractivity contribution < 1.29 is 9.21 Å². The Bertz CT molecular complexity index is 587. The van der Waals surface area contributed by atoms with Gasteiger partial charge in [0.25, 0.3) is 5.91 Å². The second-order valence-electron chi connectivity index (χ2n) is 4.54. The molecule has 1 aliphatic rings. The fourth-order valence-electron chi connectivity index (χ4n) is 1.74. The van der Waals surface area contributed by atoms with Crippen molar-refractivity contribution in [2.45, 2.75) is 25.7 Å². The molecule has 18 heavy (non-hydrogen) atoms. The summed E-state index contributed by atoms with van der Waals surface area (Å²) in [5, 5.41) is 10.3. The Morgan fingerprint density at radius 3 is 2.94 bits per heavy atom. The monoisotopic (exact) mass is 243 g/mol. The molecule has 0 bridgehead atoms. The zero-order chi connectivity index (χ0) is 12.5. The van der Waals surface area contributed by atoms with Gasteiger partial charge in [-0.25, -0.2) is 0 Å². The van der Waals surface area contributed by atoms with E-state index in [1.165, 1.54) is 0 Å². The van der Waals surface area contributed by atoms with Crippen molar-refractivity contribution in [1.82, 2.24) is 10.2 Å². The number of nitrogens with one attached hydrogen (secondary N) is 1. The van der Waals surface area contributed by atoms with Gasteiger partial charge < -0.3 is 4.42 Å².